The Bertz CT molecular complexity index is 717. The van der Waals surface area contributed by atoms with Crippen molar-refractivity contribution in [3.63, 3.8) is 0 Å². The van der Waals surface area contributed by atoms with E-state index in [0.717, 1.165) is 16.8 Å². The summed E-state index contributed by atoms with van der Waals surface area (Å²) in [5.74, 6) is 0.567. The summed E-state index contributed by atoms with van der Waals surface area (Å²) in [4.78, 5) is 19.5. The molecule has 0 radical (unpaired) electrons. The van der Waals surface area contributed by atoms with Crippen molar-refractivity contribution < 1.29 is 0 Å². The first-order valence-corrected chi connectivity index (χ1v) is 7.44. The van der Waals surface area contributed by atoms with Crippen molar-refractivity contribution in [3.8, 4) is 11.4 Å². The highest BCUT2D eigenvalue weighted by molar-refractivity contribution is 9.10. The van der Waals surface area contributed by atoms with Crippen LogP contribution >= 0.6 is 27.5 Å². The van der Waals surface area contributed by atoms with E-state index in [4.69, 9.17) is 11.6 Å². The molecule has 0 atom stereocenters. The van der Waals surface area contributed by atoms with Crippen molar-refractivity contribution in [2.45, 2.75) is 33.1 Å². The minimum absolute atomic E-state index is 0.172. The predicted molar refractivity (Wildman–Crippen MR) is 86.4 cm³/mol. The topological polar surface area (TPSA) is 45.8 Å². The van der Waals surface area contributed by atoms with Crippen LogP contribution in [-0.2, 0) is 5.41 Å². The lowest BCUT2D eigenvalue weighted by Crippen LogP contribution is -2.22. The average molecular weight is 356 g/mol. The summed E-state index contributed by atoms with van der Waals surface area (Å²) in [7, 11) is 0. The Hall–Kier alpha value is -1.13. The van der Waals surface area contributed by atoms with E-state index >= 15 is 0 Å². The number of hydrogen-bond acceptors (Lipinski definition) is 2. The molecule has 1 aromatic heterocycles. The quantitative estimate of drug-likeness (QED) is 0.821. The van der Waals surface area contributed by atoms with Crippen molar-refractivity contribution in [2.24, 2.45) is 0 Å². The third kappa shape index (κ3) is 2.96. The van der Waals surface area contributed by atoms with E-state index in [-0.39, 0.29) is 11.0 Å². The molecule has 0 saturated carbocycles. The fraction of sp³-hybridized carbons (Fsp3) is 0.333. The van der Waals surface area contributed by atoms with Crippen molar-refractivity contribution in [3.05, 3.63) is 49.3 Å². The largest absolute Gasteiger partial charge is 0.306 e. The minimum Gasteiger partial charge on any atom is -0.306 e. The van der Waals surface area contributed by atoms with E-state index in [1.807, 2.05) is 39.8 Å². The van der Waals surface area contributed by atoms with Crippen molar-refractivity contribution in [1.29, 1.82) is 0 Å². The van der Waals surface area contributed by atoms with Gasteiger partial charge in [-0.25, -0.2) is 4.98 Å². The second-order valence-corrected chi connectivity index (χ2v) is 7.02. The summed E-state index contributed by atoms with van der Waals surface area (Å²) < 4.78 is 0.486. The molecule has 0 fully saturated rings. The Morgan fingerprint density at radius 2 is 1.95 bits per heavy atom. The second-order valence-electron chi connectivity index (χ2n) is 5.79. The van der Waals surface area contributed by atoms with Crippen molar-refractivity contribution in [2.75, 3.05) is 0 Å². The highest BCUT2D eigenvalue weighted by atomic mass is 79.9. The zero-order valence-electron chi connectivity index (χ0n) is 11.8. The van der Waals surface area contributed by atoms with Crippen molar-refractivity contribution in [1.82, 2.24) is 9.97 Å². The molecule has 0 aliphatic heterocycles. The lowest BCUT2D eigenvalue weighted by atomic mass is 9.92. The Morgan fingerprint density at radius 1 is 1.30 bits per heavy atom. The number of halogens is 2. The van der Waals surface area contributed by atoms with E-state index in [9.17, 15) is 4.79 Å². The van der Waals surface area contributed by atoms with Gasteiger partial charge < -0.3 is 4.98 Å². The number of nitrogens with zero attached hydrogens (tertiary/aromatic N) is 1. The Morgan fingerprint density at radius 3 is 2.50 bits per heavy atom. The number of nitrogens with one attached hydrogen (secondary N) is 1. The molecule has 0 aliphatic carbocycles. The van der Waals surface area contributed by atoms with E-state index in [0.29, 0.717) is 15.3 Å². The summed E-state index contributed by atoms with van der Waals surface area (Å²) in [5.41, 5.74) is 2.20. The number of aromatic amines is 1. The lowest BCUT2D eigenvalue weighted by molar-refractivity contribution is 0.562. The van der Waals surface area contributed by atoms with Crippen LogP contribution in [0.1, 0.15) is 32.0 Å². The van der Waals surface area contributed by atoms with Crippen LogP contribution in [-0.4, -0.2) is 9.97 Å². The Kier molecular flexibility index (Phi) is 4.07. The highest BCUT2D eigenvalue weighted by Gasteiger charge is 2.22. The number of rotatable bonds is 1. The zero-order valence-corrected chi connectivity index (χ0v) is 14.2. The molecule has 3 nitrogen and oxygen atoms in total. The molecule has 0 saturated heterocycles. The standard InChI is InChI=1S/C15H16BrClN2O/c1-8-7-9(17)5-6-10(8)13-18-12(15(2,3)4)11(16)14(20)19-13/h5-7H,1-4H3,(H,18,19,20). The van der Waals surface area contributed by atoms with Crippen LogP contribution in [0, 0.1) is 6.92 Å². The van der Waals surface area contributed by atoms with Crippen LogP contribution in [0.2, 0.25) is 5.02 Å². The van der Waals surface area contributed by atoms with E-state index in [2.05, 4.69) is 25.9 Å². The second kappa shape index (κ2) is 5.34. The maximum atomic E-state index is 12.1. The molecule has 1 heterocycles. The molecular weight excluding hydrogens is 340 g/mol. The molecule has 0 amide bonds. The van der Waals surface area contributed by atoms with Crippen LogP contribution in [0.25, 0.3) is 11.4 Å². The van der Waals surface area contributed by atoms with Crippen LogP contribution in [0.15, 0.2) is 27.5 Å². The van der Waals surface area contributed by atoms with Gasteiger partial charge in [0.15, 0.2) is 0 Å². The molecule has 20 heavy (non-hydrogen) atoms. The zero-order chi connectivity index (χ0) is 15.1. The van der Waals surface area contributed by atoms with Crippen LogP contribution in [0.3, 0.4) is 0 Å². The van der Waals surface area contributed by atoms with Gasteiger partial charge in [-0.2, -0.15) is 0 Å². The maximum absolute atomic E-state index is 12.1. The highest BCUT2D eigenvalue weighted by Crippen LogP contribution is 2.28. The molecule has 1 aromatic carbocycles. The van der Waals surface area contributed by atoms with Gasteiger partial charge in [0, 0.05) is 16.0 Å². The Balaban J connectivity index is 2.70. The summed E-state index contributed by atoms with van der Waals surface area (Å²) >= 11 is 9.29. The van der Waals surface area contributed by atoms with Gasteiger partial charge in [0.1, 0.15) is 10.3 Å². The number of hydrogen-bond donors (Lipinski definition) is 1. The van der Waals surface area contributed by atoms with E-state index in [1.54, 1.807) is 6.07 Å². The van der Waals surface area contributed by atoms with Gasteiger partial charge >= 0.3 is 0 Å². The average Bonchev–Trinajstić information content (AvgIpc) is 2.31. The molecule has 106 valence electrons. The number of H-pyrrole nitrogens is 1. The summed E-state index contributed by atoms with van der Waals surface area (Å²) in [5, 5.41) is 0.668. The maximum Gasteiger partial charge on any atom is 0.265 e. The molecule has 1 N–H and O–H groups in total. The minimum atomic E-state index is -0.220. The van der Waals surface area contributed by atoms with Crippen molar-refractivity contribution >= 4 is 27.5 Å². The van der Waals surface area contributed by atoms with Crippen LogP contribution in [0.5, 0.6) is 0 Å². The van der Waals surface area contributed by atoms with Gasteiger partial charge in [0.25, 0.3) is 5.56 Å². The molecule has 0 bridgehead atoms. The van der Waals surface area contributed by atoms with Gasteiger partial charge in [-0.1, -0.05) is 32.4 Å². The third-order valence-corrected chi connectivity index (χ3v) is 3.99. The first kappa shape index (κ1) is 15.3. The molecule has 0 unspecified atom stereocenters. The third-order valence-electron chi connectivity index (χ3n) is 3.02. The number of aryl methyl sites for hydroxylation is 1. The SMILES string of the molecule is Cc1cc(Cl)ccc1-c1nc(C(C)(C)C)c(Br)c(=O)[nH]1. The molecule has 0 aliphatic rings. The van der Waals surface area contributed by atoms with E-state index < -0.39 is 0 Å². The van der Waals surface area contributed by atoms with Gasteiger partial charge in [-0.05, 0) is 46.6 Å². The van der Waals surface area contributed by atoms with Gasteiger partial charge in [0.2, 0.25) is 0 Å². The first-order valence-electron chi connectivity index (χ1n) is 6.27. The smallest absolute Gasteiger partial charge is 0.265 e. The number of benzene rings is 1. The first-order chi connectivity index (χ1) is 9.20. The van der Waals surface area contributed by atoms with Crippen LogP contribution in [0.4, 0.5) is 0 Å². The normalized spacial score (nSPS) is 11.7. The fourth-order valence-corrected chi connectivity index (χ4v) is 2.99. The van der Waals surface area contributed by atoms with Gasteiger partial charge in [-0.15, -0.1) is 0 Å². The molecule has 2 rings (SSSR count). The lowest BCUT2D eigenvalue weighted by Gasteiger charge is -2.20. The molecule has 5 heteroatoms. The molecular formula is C15H16BrClN2O. The van der Waals surface area contributed by atoms with Gasteiger partial charge in [-0.3, -0.25) is 4.79 Å². The number of aromatic nitrogens is 2. The fourth-order valence-electron chi connectivity index (χ4n) is 1.98. The monoisotopic (exact) mass is 354 g/mol. The molecule has 2 aromatic rings. The van der Waals surface area contributed by atoms with E-state index in [1.165, 1.54) is 0 Å². The summed E-state index contributed by atoms with van der Waals surface area (Å²) in [6.07, 6.45) is 0. The molecule has 0 spiro atoms. The predicted octanol–water partition coefficient (Wildman–Crippen LogP) is 4.46. The summed E-state index contributed by atoms with van der Waals surface area (Å²) in [6, 6.07) is 5.52. The van der Waals surface area contributed by atoms with Gasteiger partial charge in [0.05, 0.1) is 5.69 Å². The Labute approximate surface area is 131 Å². The summed E-state index contributed by atoms with van der Waals surface area (Å²) in [6.45, 7) is 8.02. The van der Waals surface area contributed by atoms with Crippen LogP contribution < -0.4 is 5.56 Å².